The average molecular weight is 393 g/mol. The lowest BCUT2D eigenvalue weighted by atomic mass is 10.0. The summed E-state index contributed by atoms with van der Waals surface area (Å²) in [6, 6.07) is 17.0. The Labute approximate surface area is 164 Å². The van der Waals surface area contributed by atoms with Gasteiger partial charge in [-0.05, 0) is 48.0 Å². The average Bonchev–Trinajstić information content (AvgIpc) is 2.70. The van der Waals surface area contributed by atoms with Gasteiger partial charge in [0.15, 0.2) is 0 Å². The zero-order valence-corrected chi connectivity index (χ0v) is 15.4. The van der Waals surface area contributed by atoms with E-state index in [1.54, 1.807) is 49.7 Å². The summed E-state index contributed by atoms with van der Waals surface area (Å²) in [6.07, 6.45) is 1.55. The Balaban J connectivity index is 0.00000240. The van der Waals surface area contributed by atoms with Gasteiger partial charge in [-0.2, -0.15) is 9.78 Å². The lowest BCUT2D eigenvalue weighted by molar-refractivity contribution is 0.626. The van der Waals surface area contributed by atoms with Crippen LogP contribution in [-0.2, 0) is 0 Å². The van der Waals surface area contributed by atoms with Gasteiger partial charge in [0.05, 0.1) is 11.1 Å². The molecule has 1 aromatic heterocycles. The summed E-state index contributed by atoms with van der Waals surface area (Å²) in [6.45, 7) is 0. The van der Waals surface area contributed by atoms with Gasteiger partial charge in [0.25, 0.3) is 5.56 Å². The maximum absolute atomic E-state index is 14.8. The molecule has 0 aliphatic carbocycles. The normalized spacial score (nSPS) is 11.0. The van der Waals surface area contributed by atoms with Crippen molar-refractivity contribution >= 4 is 17.0 Å². The first-order valence-corrected chi connectivity index (χ1v) is 8.58. The Morgan fingerprint density at radius 3 is 2.31 bits per heavy atom. The summed E-state index contributed by atoms with van der Waals surface area (Å²) < 4.78 is 29.3. The molecular weight excluding hydrogens is 376 g/mol. The Morgan fingerprint density at radius 2 is 1.66 bits per heavy atom. The summed E-state index contributed by atoms with van der Waals surface area (Å²) in [5.74, 6) is -0.892. The first-order chi connectivity index (χ1) is 13.6. The highest BCUT2D eigenvalue weighted by molar-refractivity contribution is 5.94. The zero-order valence-electron chi connectivity index (χ0n) is 15.4. The van der Waals surface area contributed by atoms with Crippen LogP contribution in [0.2, 0.25) is 0 Å². The van der Waals surface area contributed by atoms with Crippen LogP contribution in [0.3, 0.4) is 0 Å². The van der Waals surface area contributed by atoms with Gasteiger partial charge < -0.3 is 5.48 Å². The molecule has 2 N–H and O–H groups in total. The molecular formula is C22H17F2N3O2. The topological polar surface area (TPSA) is 78.8 Å². The Kier molecular flexibility index (Phi) is 5.61. The Hall–Kier alpha value is -3.71. The van der Waals surface area contributed by atoms with Gasteiger partial charge >= 0.3 is 0 Å². The van der Waals surface area contributed by atoms with E-state index >= 15 is 0 Å². The van der Waals surface area contributed by atoms with Crippen molar-refractivity contribution in [3.63, 3.8) is 0 Å². The summed E-state index contributed by atoms with van der Waals surface area (Å²) in [5, 5.41) is 5.36. The van der Waals surface area contributed by atoms with E-state index < -0.39 is 11.6 Å². The highest BCUT2D eigenvalue weighted by atomic mass is 19.1. The molecule has 1 heterocycles. The third-order valence-corrected chi connectivity index (χ3v) is 4.40. The van der Waals surface area contributed by atoms with Gasteiger partial charge in [0.2, 0.25) is 0 Å². The summed E-state index contributed by atoms with van der Waals surface area (Å²) in [7, 11) is 1.61. The van der Waals surface area contributed by atoms with E-state index in [2.05, 4.69) is 10.1 Å². The molecule has 0 unspecified atom stereocenters. The molecule has 0 aliphatic rings. The minimum Gasteiger partial charge on any atom is -0.412 e. The summed E-state index contributed by atoms with van der Waals surface area (Å²) in [5.41, 5.74) is 1.26. The van der Waals surface area contributed by atoms with Crippen molar-refractivity contribution in [2.75, 3.05) is 7.05 Å². The lowest BCUT2D eigenvalue weighted by Gasteiger charge is -2.12. The molecule has 3 aromatic carbocycles. The van der Waals surface area contributed by atoms with Crippen molar-refractivity contribution in [2.24, 2.45) is 4.99 Å². The molecule has 29 heavy (non-hydrogen) atoms. The maximum Gasteiger partial charge on any atom is 0.279 e. The van der Waals surface area contributed by atoms with E-state index in [9.17, 15) is 13.6 Å². The number of rotatable bonds is 3. The van der Waals surface area contributed by atoms with E-state index in [0.717, 1.165) is 4.68 Å². The number of benzene rings is 3. The Morgan fingerprint density at radius 1 is 0.966 bits per heavy atom. The monoisotopic (exact) mass is 393 g/mol. The van der Waals surface area contributed by atoms with E-state index in [0.29, 0.717) is 27.7 Å². The van der Waals surface area contributed by atoms with Crippen molar-refractivity contribution in [1.29, 1.82) is 0 Å². The number of hydrogen-bond donors (Lipinski definition) is 0. The van der Waals surface area contributed by atoms with Gasteiger partial charge in [0, 0.05) is 24.2 Å². The standard InChI is InChI=1S/C22H15F2N3O.H2O/c1-25-13-14-6-11-19(20(24)12-14)21-17-4-2-3-5-18(17)22(28)27(26-21)16-9-7-15(23)8-10-16;/h2-13H,1H3;1H2. The van der Waals surface area contributed by atoms with E-state index in [1.165, 1.54) is 30.3 Å². The number of nitrogens with zero attached hydrogens (tertiary/aromatic N) is 3. The molecule has 146 valence electrons. The summed E-state index contributed by atoms with van der Waals surface area (Å²) >= 11 is 0. The number of aromatic nitrogens is 2. The molecule has 0 spiro atoms. The first kappa shape index (κ1) is 20.0. The second kappa shape index (κ2) is 8.12. The van der Waals surface area contributed by atoms with Gasteiger partial charge in [-0.15, -0.1) is 0 Å². The largest absolute Gasteiger partial charge is 0.412 e. The smallest absolute Gasteiger partial charge is 0.279 e. The van der Waals surface area contributed by atoms with Crippen molar-refractivity contribution in [3.8, 4) is 16.9 Å². The quantitative estimate of drug-likeness (QED) is 0.499. The molecule has 0 saturated carbocycles. The predicted molar refractivity (Wildman–Crippen MR) is 110 cm³/mol. The Bertz CT molecular complexity index is 1270. The number of halogens is 2. The van der Waals surface area contributed by atoms with Gasteiger partial charge in [-0.25, -0.2) is 8.78 Å². The highest BCUT2D eigenvalue weighted by Gasteiger charge is 2.16. The number of fused-ring (bicyclic) bond motifs is 1. The molecule has 0 saturated heterocycles. The minimum atomic E-state index is -0.473. The van der Waals surface area contributed by atoms with Gasteiger partial charge in [0.1, 0.15) is 17.3 Å². The van der Waals surface area contributed by atoms with Crippen LogP contribution in [0, 0.1) is 11.6 Å². The third kappa shape index (κ3) is 3.68. The van der Waals surface area contributed by atoms with Crippen molar-refractivity contribution in [1.82, 2.24) is 9.78 Å². The fourth-order valence-electron chi connectivity index (χ4n) is 3.10. The molecule has 0 fully saturated rings. The van der Waals surface area contributed by atoms with Crippen molar-refractivity contribution < 1.29 is 14.3 Å². The molecule has 0 bridgehead atoms. The van der Waals surface area contributed by atoms with Crippen molar-refractivity contribution in [2.45, 2.75) is 0 Å². The molecule has 4 rings (SSSR count). The van der Waals surface area contributed by atoms with E-state index in [1.807, 2.05) is 0 Å². The van der Waals surface area contributed by atoms with Crippen LogP contribution >= 0.6 is 0 Å². The number of aliphatic imine (C=N–C) groups is 1. The van der Waals surface area contributed by atoms with Crippen LogP contribution in [0.5, 0.6) is 0 Å². The van der Waals surface area contributed by atoms with Crippen molar-refractivity contribution in [3.05, 3.63) is 94.3 Å². The van der Waals surface area contributed by atoms with Crippen LogP contribution < -0.4 is 5.56 Å². The second-order valence-corrected chi connectivity index (χ2v) is 6.21. The van der Waals surface area contributed by atoms with Crippen LogP contribution in [0.15, 0.2) is 76.5 Å². The molecule has 5 nitrogen and oxygen atoms in total. The van der Waals surface area contributed by atoms with Crippen LogP contribution in [0.25, 0.3) is 27.7 Å². The van der Waals surface area contributed by atoms with Crippen LogP contribution in [0.4, 0.5) is 8.78 Å². The fourth-order valence-corrected chi connectivity index (χ4v) is 3.10. The number of hydrogen-bond acceptors (Lipinski definition) is 3. The fraction of sp³-hybridized carbons (Fsp3) is 0.0455. The zero-order chi connectivity index (χ0) is 19.7. The van der Waals surface area contributed by atoms with Gasteiger partial charge in [-0.3, -0.25) is 9.79 Å². The lowest BCUT2D eigenvalue weighted by Crippen LogP contribution is -2.22. The van der Waals surface area contributed by atoms with Gasteiger partial charge in [-0.1, -0.05) is 24.3 Å². The summed E-state index contributed by atoms with van der Waals surface area (Å²) in [4.78, 5) is 16.8. The van der Waals surface area contributed by atoms with Crippen LogP contribution in [0.1, 0.15) is 5.56 Å². The molecule has 0 radical (unpaired) electrons. The van der Waals surface area contributed by atoms with Crippen LogP contribution in [-0.4, -0.2) is 28.5 Å². The maximum atomic E-state index is 14.8. The minimum absolute atomic E-state index is 0. The predicted octanol–water partition coefficient (Wildman–Crippen LogP) is 3.55. The molecule has 7 heteroatoms. The second-order valence-electron chi connectivity index (χ2n) is 6.21. The molecule has 4 aromatic rings. The third-order valence-electron chi connectivity index (χ3n) is 4.40. The molecule has 0 atom stereocenters. The van der Waals surface area contributed by atoms with E-state index in [4.69, 9.17) is 0 Å². The highest BCUT2D eigenvalue weighted by Crippen LogP contribution is 2.28. The first-order valence-electron chi connectivity index (χ1n) is 8.58. The SMILES string of the molecule is CN=Cc1ccc(-c2nn(-c3ccc(F)cc3)c(=O)c3ccccc23)c(F)c1.O. The molecule has 0 amide bonds. The van der Waals surface area contributed by atoms with E-state index in [-0.39, 0.29) is 16.6 Å². The molecule has 0 aliphatic heterocycles.